The Bertz CT molecular complexity index is 407. The van der Waals surface area contributed by atoms with Gasteiger partial charge in [-0.1, -0.05) is 34.8 Å². The monoisotopic (exact) mass is 284 g/mol. The number of anilines is 1. The third-order valence-corrected chi connectivity index (χ3v) is 1.87. The second kappa shape index (κ2) is 4.99. The molecule has 0 aliphatic heterocycles. The molecule has 1 aromatic heterocycles. The van der Waals surface area contributed by atoms with Gasteiger partial charge >= 0.3 is 5.97 Å². The van der Waals surface area contributed by atoms with Crippen molar-refractivity contribution >= 4 is 46.7 Å². The van der Waals surface area contributed by atoms with Crippen LogP contribution in [0.3, 0.4) is 0 Å². The maximum absolute atomic E-state index is 11.3. The lowest BCUT2D eigenvalue weighted by Crippen LogP contribution is -2.18. The van der Waals surface area contributed by atoms with E-state index in [-0.39, 0.29) is 24.2 Å². The molecular formula is C7H7Cl3N4O2. The largest absolute Gasteiger partial charge is 0.460 e. The van der Waals surface area contributed by atoms with Gasteiger partial charge in [0.25, 0.3) is 0 Å². The highest BCUT2D eigenvalue weighted by Crippen LogP contribution is 2.35. The van der Waals surface area contributed by atoms with Crippen LogP contribution in [-0.2, 0) is 8.53 Å². The SMILES string of the molecule is CCOC(=O)c1nc(N)nc(C(Cl)(Cl)Cl)n1. The predicted octanol–water partition coefficient (Wildman–Crippen LogP) is 1.46. The van der Waals surface area contributed by atoms with E-state index < -0.39 is 9.76 Å². The molecule has 0 aliphatic rings. The fraction of sp³-hybridized carbons (Fsp3) is 0.429. The van der Waals surface area contributed by atoms with Crippen molar-refractivity contribution in [2.75, 3.05) is 12.3 Å². The molecule has 2 N–H and O–H groups in total. The summed E-state index contributed by atoms with van der Waals surface area (Å²) < 4.78 is 2.80. The van der Waals surface area contributed by atoms with Crippen LogP contribution in [0.15, 0.2) is 0 Å². The van der Waals surface area contributed by atoms with Crippen LogP contribution in [0.2, 0.25) is 0 Å². The molecule has 16 heavy (non-hydrogen) atoms. The van der Waals surface area contributed by atoms with Crippen LogP contribution in [0.4, 0.5) is 5.95 Å². The second-order valence-electron chi connectivity index (χ2n) is 2.56. The summed E-state index contributed by atoms with van der Waals surface area (Å²) >= 11 is 16.7. The Labute approximate surface area is 106 Å². The zero-order valence-corrected chi connectivity index (χ0v) is 10.3. The molecule has 1 rings (SSSR count). The Balaban J connectivity index is 3.13. The smallest absolute Gasteiger partial charge is 0.376 e. The summed E-state index contributed by atoms with van der Waals surface area (Å²) in [6, 6.07) is 0. The molecule has 0 amide bonds. The van der Waals surface area contributed by atoms with Gasteiger partial charge in [-0.25, -0.2) is 9.78 Å². The summed E-state index contributed by atoms with van der Waals surface area (Å²) in [5.41, 5.74) is 5.34. The number of carbonyl (C=O) groups excluding carboxylic acids is 1. The van der Waals surface area contributed by atoms with Gasteiger partial charge in [-0.2, -0.15) is 9.97 Å². The van der Waals surface area contributed by atoms with E-state index in [0.717, 1.165) is 0 Å². The van der Waals surface area contributed by atoms with Crippen molar-refractivity contribution in [3.05, 3.63) is 11.6 Å². The lowest BCUT2D eigenvalue weighted by molar-refractivity contribution is 0.0511. The third-order valence-electron chi connectivity index (χ3n) is 1.36. The van der Waals surface area contributed by atoms with Crippen molar-refractivity contribution in [2.24, 2.45) is 0 Å². The Hall–Kier alpha value is -0.850. The number of nitrogens with zero attached hydrogens (tertiary/aromatic N) is 3. The van der Waals surface area contributed by atoms with Gasteiger partial charge in [0.15, 0.2) is 5.82 Å². The fourth-order valence-electron chi connectivity index (χ4n) is 0.806. The molecular weight excluding hydrogens is 278 g/mol. The van der Waals surface area contributed by atoms with E-state index in [1.807, 2.05) is 0 Å². The minimum Gasteiger partial charge on any atom is -0.460 e. The predicted molar refractivity (Wildman–Crippen MR) is 59.4 cm³/mol. The number of hydrogen-bond acceptors (Lipinski definition) is 6. The number of rotatable bonds is 2. The highest BCUT2D eigenvalue weighted by atomic mass is 35.6. The molecule has 0 atom stereocenters. The van der Waals surface area contributed by atoms with Crippen LogP contribution in [0.1, 0.15) is 23.4 Å². The molecule has 0 spiro atoms. The third kappa shape index (κ3) is 3.33. The number of alkyl halides is 3. The number of aromatic nitrogens is 3. The van der Waals surface area contributed by atoms with Gasteiger partial charge < -0.3 is 10.5 Å². The number of nitrogens with two attached hydrogens (primary N) is 1. The molecule has 0 bridgehead atoms. The molecule has 9 heteroatoms. The van der Waals surface area contributed by atoms with Gasteiger partial charge in [0.1, 0.15) is 0 Å². The van der Waals surface area contributed by atoms with E-state index in [1.165, 1.54) is 0 Å². The molecule has 0 saturated heterocycles. The van der Waals surface area contributed by atoms with Crippen LogP contribution < -0.4 is 5.73 Å². The Morgan fingerprint density at radius 3 is 2.50 bits per heavy atom. The summed E-state index contributed by atoms with van der Waals surface area (Å²) in [4.78, 5) is 22.1. The summed E-state index contributed by atoms with van der Waals surface area (Å²) in [5.74, 6) is -1.50. The number of esters is 1. The zero-order chi connectivity index (χ0) is 12.3. The Morgan fingerprint density at radius 1 is 1.38 bits per heavy atom. The summed E-state index contributed by atoms with van der Waals surface area (Å²) in [6.07, 6.45) is 0. The number of ether oxygens (including phenoxy) is 1. The van der Waals surface area contributed by atoms with Crippen LogP contribution in [0, 0.1) is 0 Å². The Kier molecular flexibility index (Phi) is 4.12. The van der Waals surface area contributed by atoms with Crippen molar-refractivity contribution in [3.8, 4) is 0 Å². The van der Waals surface area contributed by atoms with E-state index in [2.05, 4.69) is 19.7 Å². The summed E-state index contributed by atoms with van der Waals surface area (Å²) in [6.45, 7) is 1.81. The molecule has 0 saturated carbocycles. The van der Waals surface area contributed by atoms with Gasteiger partial charge in [0.05, 0.1) is 6.61 Å². The molecule has 0 radical (unpaired) electrons. The van der Waals surface area contributed by atoms with Crippen LogP contribution in [0.25, 0.3) is 0 Å². The molecule has 0 fully saturated rings. The van der Waals surface area contributed by atoms with Gasteiger partial charge in [0.2, 0.25) is 15.6 Å². The van der Waals surface area contributed by atoms with Gasteiger partial charge in [-0.15, -0.1) is 0 Å². The molecule has 1 heterocycles. The average Bonchev–Trinajstić information content (AvgIpc) is 2.16. The minimum atomic E-state index is -1.88. The van der Waals surface area contributed by atoms with Gasteiger partial charge in [-0.05, 0) is 6.92 Å². The highest BCUT2D eigenvalue weighted by Gasteiger charge is 2.29. The number of carbonyl (C=O) groups is 1. The fourth-order valence-corrected chi connectivity index (χ4v) is 1.06. The van der Waals surface area contributed by atoms with Gasteiger partial charge in [-0.3, -0.25) is 0 Å². The highest BCUT2D eigenvalue weighted by molar-refractivity contribution is 6.66. The molecule has 88 valence electrons. The van der Waals surface area contributed by atoms with Crippen molar-refractivity contribution in [1.82, 2.24) is 15.0 Å². The lowest BCUT2D eigenvalue weighted by Gasteiger charge is -2.10. The zero-order valence-electron chi connectivity index (χ0n) is 8.08. The summed E-state index contributed by atoms with van der Waals surface area (Å²) in [7, 11) is 0. The number of halogens is 3. The molecule has 0 aromatic carbocycles. The second-order valence-corrected chi connectivity index (χ2v) is 4.84. The van der Waals surface area contributed by atoms with E-state index in [0.29, 0.717) is 0 Å². The first-order valence-corrected chi connectivity index (χ1v) is 5.24. The van der Waals surface area contributed by atoms with E-state index in [4.69, 9.17) is 40.5 Å². The molecule has 0 unspecified atom stereocenters. The summed E-state index contributed by atoms with van der Waals surface area (Å²) in [5, 5.41) is 0. The maximum atomic E-state index is 11.3. The quantitative estimate of drug-likeness (QED) is 0.653. The first-order chi connectivity index (χ1) is 7.34. The van der Waals surface area contributed by atoms with Crippen LogP contribution in [-0.4, -0.2) is 27.5 Å². The minimum absolute atomic E-state index is 0.174. The van der Waals surface area contributed by atoms with Crippen LogP contribution >= 0.6 is 34.8 Å². The maximum Gasteiger partial charge on any atom is 0.376 e. The van der Waals surface area contributed by atoms with E-state index in [1.54, 1.807) is 6.92 Å². The standard InChI is InChI=1S/C7H7Cl3N4O2/c1-2-16-4(15)3-12-5(7(8,9)10)14-6(11)13-3/h2H2,1H3,(H2,11,12,13,14). The first kappa shape index (κ1) is 13.2. The van der Waals surface area contributed by atoms with Crippen molar-refractivity contribution < 1.29 is 9.53 Å². The van der Waals surface area contributed by atoms with Crippen LogP contribution in [0.5, 0.6) is 0 Å². The Morgan fingerprint density at radius 2 is 2.00 bits per heavy atom. The topological polar surface area (TPSA) is 91.0 Å². The molecule has 1 aromatic rings. The molecule has 0 aliphatic carbocycles. The van der Waals surface area contributed by atoms with Crippen molar-refractivity contribution in [1.29, 1.82) is 0 Å². The lowest BCUT2D eigenvalue weighted by atomic mass is 10.5. The first-order valence-electron chi connectivity index (χ1n) is 4.10. The van der Waals surface area contributed by atoms with Gasteiger partial charge in [0, 0.05) is 0 Å². The van der Waals surface area contributed by atoms with E-state index >= 15 is 0 Å². The van der Waals surface area contributed by atoms with Crippen molar-refractivity contribution in [2.45, 2.75) is 10.7 Å². The van der Waals surface area contributed by atoms with E-state index in [9.17, 15) is 4.79 Å². The number of nitrogen functional groups attached to an aromatic ring is 1. The van der Waals surface area contributed by atoms with Crippen molar-refractivity contribution in [3.63, 3.8) is 0 Å². The normalized spacial score (nSPS) is 11.2. The number of hydrogen-bond donors (Lipinski definition) is 1. The average molecular weight is 286 g/mol. The molecule has 6 nitrogen and oxygen atoms in total.